The van der Waals surface area contributed by atoms with E-state index in [1.54, 1.807) is 12.4 Å². The molecule has 1 aliphatic rings. The van der Waals surface area contributed by atoms with Crippen molar-refractivity contribution in [3.63, 3.8) is 0 Å². The van der Waals surface area contributed by atoms with Gasteiger partial charge in [-0.15, -0.1) is 11.3 Å². The van der Waals surface area contributed by atoms with Crippen molar-refractivity contribution in [1.82, 2.24) is 20.3 Å². The van der Waals surface area contributed by atoms with Crippen LogP contribution >= 0.6 is 11.3 Å². The summed E-state index contributed by atoms with van der Waals surface area (Å²) >= 11 is 1.42. The number of aromatic nitrogens is 3. The van der Waals surface area contributed by atoms with Gasteiger partial charge in [-0.1, -0.05) is 0 Å². The van der Waals surface area contributed by atoms with Crippen LogP contribution in [0.15, 0.2) is 5.38 Å². The van der Waals surface area contributed by atoms with E-state index in [-0.39, 0.29) is 5.91 Å². The Labute approximate surface area is 139 Å². The van der Waals surface area contributed by atoms with Crippen molar-refractivity contribution < 1.29 is 4.79 Å². The fourth-order valence-electron chi connectivity index (χ4n) is 2.83. The number of thiazole rings is 1. The van der Waals surface area contributed by atoms with Gasteiger partial charge < -0.3 is 10.6 Å². The van der Waals surface area contributed by atoms with E-state index in [1.807, 2.05) is 0 Å². The van der Waals surface area contributed by atoms with E-state index in [2.05, 4.69) is 32.5 Å². The summed E-state index contributed by atoms with van der Waals surface area (Å²) in [5.41, 5.74) is 4.06. The summed E-state index contributed by atoms with van der Waals surface area (Å²) in [4.78, 5) is 25.5. The SMILES string of the molecule is CNc1nc(C(=O)NCCc2nc(C)c3c(n2)CCCC3)cs1. The van der Waals surface area contributed by atoms with Crippen molar-refractivity contribution in [3.8, 4) is 0 Å². The number of anilines is 1. The zero-order valence-corrected chi connectivity index (χ0v) is 14.3. The van der Waals surface area contributed by atoms with Gasteiger partial charge in [0, 0.05) is 36.8 Å². The van der Waals surface area contributed by atoms with Crippen LogP contribution in [0.5, 0.6) is 0 Å². The molecule has 1 aliphatic carbocycles. The third-order valence-corrected chi connectivity index (χ3v) is 4.88. The summed E-state index contributed by atoms with van der Waals surface area (Å²) < 4.78 is 0. The lowest BCUT2D eigenvalue weighted by atomic mass is 9.95. The van der Waals surface area contributed by atoms with Gasteiger partial charge in [0.05, 0.1) is 0 Å². The van der Waals surface area contributed by atoms with Gasteiger partial charge in [0.25, 0.3) is 5.91 Å². The molecule has 7 heteroatoms. The third-order valence-electron chi connectivity index (χ3n) is 4.02. The fourth-order valence-corrected chi connectivity index (χ4v) is 3.48. The van der Waals surface area contributed by atoms with E-state index in [0.717, 1.165) is 29.5 Å². The molecule has 1 amide bonds. The zero-order chi connectivity index (χ0) is 16.2. The minimum atomic E-state index is -0.155. The lowest BCUT2D eigenvalue weighted by molar-refractivity contribution is 0.0950. The van der Waals surface area contributed by atoms with Crippen LogP contribution in [0, 0.1) is 6.92 Å². The molecule has 2 aromatic rings. The molecule has 0 saturated carbocycles. The molecule has 23 heavy (non-hydrogen) atoms. The number of hydrogen-bond donors (Lipinski definition) is 2. The van der Waals surface area contributed by atoms with Gasteiger partial charge in [0.15, 0.2) is 5.13 Å². The largest absolute Gasteiger partial charge is 0.365 e. The molecular formula is C16H21N5OS. The topological polar surface area (TPSA) is 79.8 Å². The monoisotopic (exact) mass is 331 g/mol. The van der Waals surface area contributed by atoms with Crippen LogP contribution in [0.3, 0.4) is 0 Å². The molecule has 6 nitrogen and oxygen atoms in total. The Morgan fingerprint density at radius 3 is 2.87 bits per heavy atom. The Hall–Kier alpha value is -2.02. The fraction of sp³-hybridized carbons (Fsp3) is 0.500. The molecule has 2 aromatic heterocycles. The molecule has 0 unspecified atom stereocenters. The molecule has 0 atom stereocenters. The second-order valence-corrected chi connectivity index (χ2v) is 6.51. The molecule has 0 saturated heterocycles. The average Bonchev–Trinajstić information content (AvgIpc) is 3.04. The molecule has 2 N–H and O–H groups in total. The maximum absolute atomic E-state index is 12.0. The van der Waals surface area contributed by atoms with Crippen LogP contribution in [0.1, 0.15) is 46.1 Å². The first kappa shape index (κ1) is 15.9. The third kappa shape index (κ3) is 3.67. The average molecular weight is 331 g/mol. The van der Waals surface area contributed by atoms with Gasteiger partial charge in [-0.3, -0.25) is 4.79 Å². The van der Waals surface area contributed by atoms with Crippen molar-refractivity contribution in [3.05, 3.63) is 33.8 Å². The van der Waals surface area contributed by atoms with E-state index in [9.17, 15) is 4.79 Å². The molecule has 0 fully saturated rings. The first-order valence-electron chi connectivity index (χ1n) is 7.94. The molecule has 0 aliphatic heterocycles. The van der Waals surface area contributed by atoms with E-state index in [1.165, 1.54) is 35.4 Å². The van der Waals surface area contributed by atoms with E-state index >= 15 is 0 Å². The molecule has 0 bridgehead atoms. The normalized spacial score (nSPS) is 13.5. The lowest BCUT2D eigenvalue weighted by Gasteiger charge is -2.17. The van der Waals surface area contributed by atoms with E-state index < -0.39 is 0 Å². The number of aryl methyl sites for hydroxylation is 2. The maximum atomic E-state index is 12.0. The quantitative estimate of drug-likeness (QED) is 0.877. The number of nitrogens with one attached hydrogen (secondary N) is 2. The molecule has 0 radical (unpaired) electrons. The molecule has 0 spiro atoms. The number of amides is 1. The van der Waals surface area contributed by atoms with Crippen LogP contribution in [0.2, 0.25) is 0 Å². The smallest absolute Gasteiger partial charge is 0.270 e. The highest BCUT2D eigenvalue weighted by atomic mass is 32.1. The zero-order valence-electron chi connectivity index (χ0n) is 13.5. The summed E-state index contributed by atoms with van der Waals surface area (Å²) in [6.07, 6.45) is 5.22. The van der Waals surface area contributed by atoms with Gasteiger partial charge in [-0.05, 0) is 38.2 Å². The predicted octanol–water partition coefficient (Wildman–Crippen LogP) is 2.13. The van der Waals surface area contributed by atoms with Crippen LogP contribution in [-0.2, 0) is 19.3 Å². The van der Waals surface area contributed by atoms with Crippen LogP contribution in [0.4, 0.5) is 5.13 Å². The Morgan fingerprint density at radius 1 is 1.26 bits per heavy atom. The van der Waals surface area contributed by atoms with Gasteiger partial charge in [0.1, 0.15) is 11.5 Å². The van der Waals surface area contributed by atoms with Crippen LogP contribution in [-0.4, -0.2) is 34.5 Å². The number of rotatable bonds is 5. The number of nitrogens with zero attached hydrogens (tertiary/aromatic N) is 3. The number of fused-ring (bicyclic) bond motifs is 1. The molecule has 3 rings (SSSR count). The summed E-state index contributed by atoms with van der Waals surface area (Å²) in [6.45, 7) is 2.58. The Bertz CT molecular complexity index is 712. The van der Waals surface area contributed by atoms with Crippen molar-refractivity contribution in [2.75, 3.05) is 18.9 Å². The molecule has 2 heterocycles. The molecule has 122 valence electrons. The van der Waals surface area contributed by atoms with Gasteiger partial charge >= 0.3 is 0 Å². The van der Waals surface area contributed by atoms with Crippen molar-refractivity contribution in [2.45, 2.75) is 39.0 Å². The second-order valence-electron chi connectivity index (χ2n) is 5.65. The molecular weight excluding hydrogens is 310 g/mol. The Balaban J connectivity index is 1.58. The lowest BCUT2D eigenvalue weighted by Crippen LogP contribution is -2.26. The second kappa shape index (κ2) is 7.04. The number of carbonyl (C=O) groups excluding carboxylic acids is 1. The Morgan fingerprint density at radius 2 is 2.09 bits per heavy atom. The van der Waals surface area contributed by atoms with Gasteiger partial charge in [-0.2, -0.15) is 0 Å². The number of hydrogen-bond acceptors (Lipinski definition) is 6. The highest BCUT2D eigenvalue weighted by molar-refractivity contribution is 7.13. The van der Waals surface area contributed by atoms with Crippen molar-refractivity contribution in [1.29, 1.82) is 0 Å². The number of carbonyl (C=O) groups is 1. The van der Waals surface area contributed by atoms with Crippen LogP contribution in [0.25, 0.3) is 0 Å². The van der Waals surface area contributed by atoms with E-state index in [4.69, 9.17) is 0 Å². The summed E-state index contributed by atoms with van der Waals surface area (Å²) in [7, 11) is 1.79. The summed E-state index contributed by atoms with van der Waals surface area (Å²) in [6, 6.07) is 0. The van der Waals surface area contributed by atoms with Crippen molar-refractivity contribution >= 4 is 22.4 Å². The predicted molar refractivity (Wildman–Crippen MR) is 91.1 cm³/mol. The maximum Gasteiger partial charge on any atom is 0.270 e. The van der Waals surface area contributed by atoms with Crippen molar-refractivity contribution in [2.24, 2.45) is 0 Å². The standard InChI is InChI=1S/C16H21N5OS/c1-10-11-5-3-4-6-12(11)20-14(19-10)7-8-18-15(22)13-9-23-16(17-2)21-13/h9H,3-8H2,1-2H3,(H,17,21)(H,18,22). The van der Waals surface area contributed by atoms with E-state index in [0.29, 0.717) is 18.7 Å². The summed E-state index contributed by atoms with van der Waals surface area (Å²) in [5, 5.41) is 8.30. The van der Waals surface area contributed by atoms with Crippen LogP contribution < -0.4 is 10.6 Å². The Kier molecular flexibility index (Phi) is 4.85. The highest BCUT2D eigenvalue weighted by Crippen LogP contribution is 2.21. The highest BCUT2D eigenvalue weighted by Gasteiger charge is 2.15. The molecule has 0 aromatic carbocycles. The first-order valence-corrected chi connectivity index (χ1v) is 8.82. The summed E-state index contributed by atoms with van der Waals surface area (Å²) in [5.74, 6) is 0.662. The van der Waals surface area contributed by atoms with Gasteiger partial charge in [0.2, 0.25) is 0 Å². The van der Waals surface area contributed by atoms with Gasteiger partial charge in [-0.25, -0.2) is 15.0 Å². The minimum Gasteiger partial charge on any atom is -0.365 e. The first-order chi connectivity index (χ1) is 11.2. The minimum absolute atomic E-state index is 0.155.